The summed E-state index contributed by atoms with van der Waals surface area (Å²) in [6, 6.07) is 9.88. The number of morpholine rings is 1. The van der Waals surface area contributed by atoms with Crippen LogP contribution in [0, 0.1) is 11.3 Å². The average Bonchev–Trinajstić information content (AvgIpc) is 3.40. The van der Waals surface area contributed by atoms with Crippen LogP contribution in [0.25, 0.3) is 27.7 Å². The Labute approximate surface area is 221 Å². The molecule has 1 atom stereocenters. The van der Waals surface area contributed by atoms with Crippen molar-refractivity contribution in [2.45, 2.75) is 6.10 Å². The number of aromatic nitrogens is 2. The molecule has 198 valence electrons. The summed E-state index contributed by atoms with van der Waals surface area (Å²) in [4.78, 5) is 14.7. The van der Waals surface area contributed by atoms with Crippen molar-refractivity contribution in [1.82, 2.24) is 14.9 Å². The number of aliphatic imine (C=N–C) groups is 1. The van der Waals surface area contributed by atoms with Crippen LogP contribution in [0.2, 0.25) is 0 Å². The van der Waals surface area contributed by atoms with E-state index in [1.807, 2.05) is 30.5 Å². The van der Waals surface area contributed by atoms with Crippen molar-refractivity contribution < 1.29 is 18.9 Å². The Kier molecular flexibility index (Phi) is 8.63. The minimum Gasteiger partial charge on any atom is -0.489 e. The van der Waals surface area contributed by atoms with E-state index >= 15 is 0 Å². The Hall–Kier alpha value is -3.75. The third-order valence-electron chi connectivity index (χ3n) is 6.64. The van der Waals surface area contributed by atoms with Gasteiger partial charge in [0, 0.05) is 66.5 Å². The molecule has 0 amide bonds. The molecule has 2 fully saturated rings. The first-order valence-corrected chi connectivity index (χ1v) is 12.8. The first-order chi connectivity index (χ1) is 18.7. The number of benzene rings is 1. The maximum Gasteiger partial charge on any atom is 0.137 e. The van der Waals surface area contributed by atoms with E-state index in [1.165, 1.54) is 0 Å². The van der Waals surface area contributed by atoms with Crippen LogP contribution in [0.1, 0.15) is 11.1 Å². The van der Waals surface area contributed by atoms with Crippen molar-refractivity contribution in [1.29, 1.82) is 5.26 Å². The molecular weight excluding hydrogens is 484 g/mol. The van der Waals surface area contributed by atoms with E-state index in [0.717, 1.165) is 66.1 Å². The Morgan fingerprint density at radius 2 is 2.13 bits per heavy atom. The summed E-state index contributed by atoms with van der Waals surface area (Å²) in [6.45, 7) is 6.98. The van der Waals surface area contributed by atoms with Gasteiger partial charge in [-0.05, 0) is 23.8 Å². The highest BCUT2D eigenvalue weighted by Crippen LogP contribution is 2.32. The summed E-state index contributed by atoms with van der Waals surface area (Å²) in [5, 5.41) is 10.7. The fourth-order valence-electron chi connectivity index (χ4n) is 4.53. The van der Waals surface area contributed by atoms with Gasteiger partial charge in [0.05, 0.1) is 45.1 Å². The molecule has 1 aromatic carbocycles. The highest BCUT2D eigenvalue weighted by atomic mass is 16.6. The maximum absolute atomic E-state index is 9.77. The first-order valence-electron chi connectivity index (χ1n) is 12.8. The average molecular weight is 517 g/mol. The molecule has 0 bridgehead atoms. The van der Waals surface area contributed by atoms with Gasteiger partial charge in [-0.25, -0.2) is 4.98 Å². The lowest BCUT2D eigenvalue weighted by Gasteiger charge is -2.25. The molecule has 38 heavy (non-hydrogen) atoms. The monoisotopic (exact) mass is 516 g/mol. The Morgan fingerprint density at radius 1 is 1.24 bits per heavy atom. The zero-order chi connectivity index (χ0) is 26.2. The minimum atomic E-state index is -0.138. The van der Waals surface area contributed by atoms with E-state index in [2.05, 4.69) is 25.9 Å². The van der Waals surface area contributed by atoms with E-state index in [-0.39, 0.29) is 6.10 Å². The quantitative estimate of drug-likeness (QED) is 0.415. The number of fused-ring (bicyclic) bond motifs is 1. The van der Waals surface area contributed by atoms with Crippen LogP contribution in [0.15, 0.2) is 47.9 Å². The van der Waals surface area contributed by atoms with Crippen molar-refractivity contribution >= 4 is 22.8 Å². The Morgan fingerprint density at radius 3 is 2.92 bits per heavy atom. The van der Waals surface area contributed by atoms with Crippen molar-refractivity contribution in [2.24, 2.45) is 10.7 Å². The molecule has 3 aromatic rings. The van der Waals surface area contributed by atoms with Crippen LogP contribution in [0.5, 0.6) is 5.75 Å². The second-order valence-corrected chi connectivity index (χ2v) is 9.14. The predicted molar refractivity (Wildman–Crippen MR) is 145 cm³/mol. The zero-order valence-corrected chi connectivity index (χ0v) is 21.3. The van der Waals surface area contributed by atoms with Gasteiger partial charge in [-0.1, -0.05) is 6.07 Å². The van der Waals surface area contributed by atoms with Crippen LogP contribution >= 0.6 is 0 Å². The minimum absolute atomic E-state index is 0.138. The fraction of sp³-hybridized carbons (Fsp3) is 0.393. The van der Waals surface area contributed by atoms with Crippen LogP contribution in [-0.2, 0) is 14.2 Å². The number of rotatable bonds is 9. The third kappa shape index (κ3) is 6.20. The summed E-state index contributed by atoms with van der Waals surface area (Å²) >= 11 is 0. The number of hydrogen-bond acceptors (Lipinski definition) is 9. The number of nitrogens with two attached hydrogens (primary N) is 1. The largest absolute Gasteiger partial charge is 0.489 e. The third-order valence-corrected chi connectivity index (χ3v) is 6.64. The lowest BCUT2D eigenvalue weighted by Crippen LogP contribution is -2.37. The first kappa shape index (κ1) is 25.9. The van der Waals surface area contributed by atoms with Crippen LogP contribution in [-0.4, -0.2) is 93.0 Å². The zero-order valence-electron chi connectivity index (χ0n) is 21.3. The summed E-state index contributed by atoms with van der Waals surface area (Å²) in [5.41, 5.74) is 10.6. The van der Waals surface area contributed by atoms with Gasteiger partial charge in [-0.15, -0.1) is 0 Å². The lowest BCUT2D eigenvalue weighted by molar-refractivity contribution is -0.101. The van der Waals surface area contributed by atoms with Crippen LogP contribution in [0.3, 0.4) is 0 Å². The van der Waals surface area contributed by atoms with Gasteiger partial charge in [0.15, 0.2) is 0 Å². The number of H-pyrrole nitrogens is 1. The van der Waals surface area contributed by atoms with E-state index in [0.29, 0.717) is 44.3 Å². The van der Waals surface area contributed by atoms with Gasteiger partial charge < -0.3 is 29.7 Å². The topological polar surface area (TPSA) is 131 Å². The molecule has 0 aliphatic carbocycles. The van der Waals surface area contributed by atoms with Crippen molar-refractivity contribution in [3.8, 4) is 22.9 Å². The van der Waals surface area contributed by atoms with E-state index in [9.17, 15) is 5.26 Å². The van der Waals surface area contributed by atoms with Gasteiger partial charge >= 0.3 is 0 Å². The predicted octanol–water partition coefficient (Wildman–Crippen LogP) is 2.60. The summed E-state index contributed by atoms with van der Waals surface area (Å²) in [6.07, 6.45) is 6.89. The molecule has 0 radical (unpaired) electrons. The normalized spacial score (nSPS) is 19.1. The molecule has 4 heterocycles. The fourth-order valence-corrected chi connectivity index (χ4v) is 4.53. The van der Waals surface area contributed by atoms with Gasteiger partial charge in [-0.2, -0.15) is 5.26 Å². The van der Waals surface area contributed by atoms with Gasteiger partial charge in [0.1, 0.15) is 30.2 Å². The molecular formula is C28H32N6O4. The number of aromatic amines is 1. The molecule has 10 nitrogen and oxygen atoms in total. The molecule has 0 spiro atoms. The maximum atomic E-state index is 9.77. The molecule has 5 rings (SSSR count). The van der Waals surface area contributed by atoms with Gasteiger partial charge in [-0.3, -0.25) is 9.89 Å². The molecule has 1 unspecified atom stereocenters. The summed E-state index contributed by atoms with van der Waals surface area (Å²) in [7, 11) is 0. The van der Waals surface area contributed by atoms with E-state index in [1.54, 1.807) is 18.6 Å². The Bertz CT molecular complexity index is 1330. The molecule has 2 saturated heterocycles. The number of pyridine rings is 1. The summed E-state index contributed by atoms with van der Waals surface area (Å²) in [5.74, 6) is 0.519. The summed E-state index contributed by atoms with van der Waals surface area (Å²) < 4.78 is 22.3. The van der Waals surface area contributed by atoms with Gasteiger partial charge in [0.2, 0.25) is 0 Å². The molecule has 2 aromatic heterocycles. The highest BCUT2D eigenvalue weighted by Gasteiger charge is 2.17. The smallest absolute Gasteiger partial charge is 0.137 e. The standard InChI is InChI=1S/C28H32N6O4/c29-13-21-11-20(1-2-27(21)38-19-24-18-36-9-10-37-24)26-17-33-28-25(26)12-22(16-32-28)23(14-30)15-31-3-4-34-5-7-35-8-6-34/h1-2,11-12,14-17,24H,3-10,18-19,30H2,(H,32,33)/b23-14+,31-15?. The second kappa shape index (κ2) is 12.7. The highest BCUT2D eigenvalue weighted by molar-refractivity contribution is 6.11. The van der Waals surface area contributed by atoms with E-state index in [4.69, 9.17) is 24.7 Å². The van der Waals surface area contributed by atoms with Crippen LogP contribution < -0.4 is 10.5 Å². The van der Waals surface area contributed by atoms with Crippen molar-refractivity contribution in [3.05, 3.63) is 54.0 Å². The van der Waals surface area contributed by atoms with E-state index < -0.39 is 0 Å². The van der Waals surface area contributed by atoms with Crippen LogP contribution in [0.4, 0.5) is 0 Å². The number of nitrogens with one attached hydrogen (secondary N) is 1. The Balaban J connectivity index is 1.31. The number of nitrogens with zero attached hydrogens (tertiary/aromatic N) is 4. The number of nitriles is 1. The number of hydrogen-bond donors (Lipinski definition) is 2. The second-order valence-electron chi connectivity index (χ2n) is 9.14. The molecule has 10 heteroatoms. The van der Waals surface area contributed by atoms with Crippen molar-refractivity contribution in [2.75, 3.05) is 65.8 Å². The van der Waals surface area contributed by atoms with Gasteiger partial charge in [0.25, 0.3) is 0 Å². The molecule has 0 saturated carbocycles. The SMILES string of the molecule is N#Cc1cc(-c2c[nH]c3ncc(/C(C=NCCN4CCOCC4)=C/N)cc23)ccc1OCC1COCCO1. The lowest BCUT2D eigenvalue weighted by atomic mass is 10.0. The molecule has 2 aliphatic heterocycles. The van der Waals surface area contributed by atoms with Crippen molar-refractivity contribution in [3.63, 3.8) is 0 Å². The number of allylic oxidation sites excluding steroid dienone is 1. The molecule has 3 N–H and O–H groups in total. The number of ether oxygens (including phenoxy) is 4. The molecule has 2 aliphatic rings.